The lowest BCUT2D eigenvalue weighted by atomic mass is 10.0. The van der Waals surface area contributed by atoms with Crippen LogP contribution in [0.25, 0.3) is 0 Å². The molecule has 2 heterocycles. The zero-order chi connectivity index (χ0) is 22.1. The van der Waals surface area contributed by atoms with Gasteiger partial charge in [-0.15, -0.1) is 0 Å². The molecule has 1 aliphatic heterocycles. The number of aryl methyl sites for hydroxylation is 3. The van der Waals surface area contributed by atoms with Crippen molar-refractivity contribution in [2.24, 2.45) is 4.99 Å². The highest BCUT2D eigenvalue weighted by molar-refractivity contribution is 5.79. The van der Waals surface area contributed by atoms with Crippen molar-refractivity contribution < 1.29 is 0 Å². The molecule has 1 atom stereocenters. The fourth-order valence-corrected chi connectivity index (χ4v) is 4.26. The van der Waals surface area contributed by atoms with Gasteiger partial charge in [0.05, 0.1) is 5.69 Å². The van der Waals surface area contributed by atoms with E-state index in [1.54, 1.807) is 0 Å². The van der Waals surface area contributed by atoms with E-state index in [4.69, 9.17) is 0 Å². The summed E-state index contributed by atoms with van der Waals surface area (Å²) >= 11 is 0. The van der Waals surface area contributed by atoms with Gasteiger partial charge in [-0.2, -0.15) is 5.10 Å². The average molecular weight is 426 g/mol. The molecule has 1 aromatic carbocycles. The maximum atomic E-state index is 4.52. The van der Waals surface area contributed by atoms with Gasteiger partial charge in [0, 0.05) is 64.6 Å². The predicted octanol–water partition coefficient (Wildman–Crippen LogP) is 2.43. The number of rotatable bonds is 9. The monoisotopic (exact) mass is 425 g/mol. The van der Waals surface area contributed by atoms with Crippen LogP contribution in [0.5, 0.6) is 0 Å². The summed E-state index contributed by atoms with van der Waals surface area (Å²) in [5, 5.41) is 11.4. The molecule has 170 valence electrons. The van der Waals surface area contributed by atoms with Gasteiger partial charge in [0.15, 0.2) is 5.96 Å². The van der Waals surface area contributed by atoms with E-state index in [1.165, 1.54) is 11.3 Å². The first-order chi connectivity index (χ1) is 15.1. The molecular formula is C24H39N7. The molecule has 0 bridgehead atoms. The Kier molecular flexibility index (Phi) is 8.91. The topological polar surface area (TPSA) is 60.7 Å². The van der Waals surface area contributed by atoms with Crippen molar-refractivity contribution in [3.8, 4) is 0 Å². The molecule has 7 nitrogen and oxygen atoms in total. The minimum atomic E-state index is 0.478. The molecule has 0 amide bonds. The van der Waals surface area contributed by atoms with E-state index in [-0.39, 0.29) is 0 Å². The fourth-order valence-electron chi connectivity index (χ4n) is 4.26. The van der Waals surface area contributed by atoms with Crippen molar-refractivity contribution in [3.63, 3.8) is 0 Å². The van der Waals surface area contributed by atoms with Crippen molar-refractivity contribution in [1.82, 2.24) is 30.2 Å². The number of aliphatic imine (C=N–C) groups is 1. The summed E-state index contributed by atoms with van der Waals surface area (Å²) < 4.78 is 2.08. The predicted molar refractivity (Wildman–Crippen MR) is 129 cm³/mol. The van der Waals surface area contributed by atoms with Crippen LogP contribution in [0.15, 0.2) is 41.4 Å². The Morgan fingerprint density at radius 2 is 1.77 bits per heavy atom. The SMILES string of the molecule is CN=C(NCCCN1CCN(C)CC1c1ccccc1)NCCCn1nc(C)cc1C. The van der Waals surface area contributed by atoms with E-state index >= 15 is 0 Å². The highest BCUT2D eigenvalue weighted by atomic mass is 15.3. The van der Waals surface area contributed by atoms with Gasteiger partial charge < -0.3 is 15.5 Å². The number of nitrogens with zero attached hydrogens (tertiary/aromatic N) is 5. The molecule has 0 saturated carbocycles. The Balaban J connectivity index is 1.36. The van der Waals surface area contributed by atoms with Gasteiger partial charge in [-0.3, -0.25) is 14.6 Å². The molecule has 1 unspecified atom stereocenters. The van der Waals surface area contributed by atoms with Crippen LogP contribution in [0, 0.1) is 13.8 Å². The minimum absolute atomic E-state index is 0.478. The zero-order valence-electron chi connectivity index (χ0n) is 19.6. The Morgan fingerprint density at radius 1 is 1.06 bits per heavy atom. The lowest BCUT2D eigenvalue weighted by Crippen LogP contribution is -2.47. The Hall–Kier alpha value is -2.38. The van der Waals surface area contributed by atoms with Crippen molar-refractivity contribution in [3.05, 3.63) is 53.3 Å². The molecule has 31 heavy (non-hydrogen) atoms. The van der Waals surface area contributed by atoms with Gasteiger partial charge in [-0.25, -0.2) is 0 Å². The van der Waals surface area contributed by atoms with Gasteiger partial charge >= 0.3 is 0 Å². The maximum absolute atomic E-state index is 4.52. The molecule has 3 rings (SSSR count). The average Bonchev–Trinajstić information content (AvgIpc) is 3.10. The highest BCUT2D eigenvalue weighted by Gasteiger charge is 2.25. The number of nitrogens with one attached hydrogen (secondary N) is 2. The van der Waals surface area contributed by atoms with Crippen molar-refractivity contribution in [1.29, 1.82) is 0 Å². The number of likely N-dealkylation sites (N-methyl/N-ethyl adjacent to an activating group) is 1. The van der Waals surface area contributed by atoms with Crippen LogP contribution in [0.1, 0.15) is 35.8 Å². The van der Waals surface area contributed by atoms with Crippen LogP contribution < -0.4 is 10.6 Å². The van der Waals surface area contributed by atoms with E-state index in [1.807, 2.05) is 14.0 Å². The van der Waals surface area contributed by atoms with Crippen LogP contribution in [-0.4, -0.2) is 78.9 Å². The smallest absolute Gasteiger partial charge is 0.190 e. The number of piperazine rings is 1. The fraction of sp³-hybridized carbons (Fsp3) is 0.583. The second-order valence-electron chi connectivity index (χ2n) is 8.51. The lowest BCUT2D eigenvalue weighted by molar-refractivity contribution is 0.0891. The van der Waals surface area contributed by atoms with Crippen LogP contribution in [0.4, 0.5) is 0 Å². The van der Waals surface area contributed by atoms with E-state index in [2.05, 4.69) is 85.6 Å². The summed E-state index contributed by atoms with van der Waals surface area (Å²) in [6, 6.07) is 13.5. The molecule has 2 aromatic rings. The third-order valence-electron chi connectivity index (χ3n) is 5.96. The highest BCUT2D eigenvalue weighted by Crippen LogP contribution is 2.24. The lowest BCUT2D eigenvalue weighted by Gasteiger charge is -2.40. The molecule has 2 N–H and O–H groups in total. The van der Waals surface area contributed by atoms with Crippen LogP contribution in [-0.2, 0) is 6.54 Å². The van der Waals surface area contributed by atoms with E-state index in [0.29, 0.717) is 6.04 Å². The molecule has 7 heteroatoms. The summed E-state index contributed by atoms with van der Waals surface area (Å²) in [6.45, 7) is 11.3. The zero-order valence-corrected chi connectivity index (χ0v) is 19.6. The Bertz CT molecular complexity index is 815. The van der Waals surface area contributed by atoms with Gasteiger partial charge in [0.25, 0.3) is 0 Å². The van der Waals surface area contributed by atoms with Crippen molar-refractivity contribution >= 4 is 5.96 Å². The van der Waals surface area contributed by atoms with E-state index in [0.717, 1.165) is 70.3 Å². The summed E-state index contributed by atoms with van der Waals surface area (Å²) in [5.41, 5.74) is 3.72. The van der Waals surface area contributed by atoms with Crippen LogP contribution >= 0.6 is 0 Å². The molecule has 0 spiro atoms. The molecule has 1 aromatic heterocycles. The standard InChI is InChI=1S/C24H39N7/c1-20-18-21(2)31(28-20)15-9-13-27-24(25-3)26-12-8-14-30-17-16-29(4)19-23(30)22-10-6-5-7-11-22/h5-7,10-11,18,23H,8-9,12-17,19H2,1-4H3,(H2,25,26,27). The first kappa shape index (κ1) is 23.3. The molecule has 0 radical (unpaired) electrons. The Morgan fingerprint density at radius 3 is 2.42 bits per heavy atom. The van der Waals surface area contributed by atoms with Gasteiger partial charge in [0.2, 0.25) is 0 Å². The number of benzene rings is 1. The maximum Gasteiger partial charge on any atom is 0.190 e. The second-order valence-corrected chi connectivity index (χ2v) is 8.51. The number of guanidine groups is 1. The van der Waals surface area contributed by atoms with Crippen LogP contribution in [0.2, 0.25) is 0 Å². The van der Waals surface area contributed by atoms with Gasteiger partial charge in [0.1, 0.15) is 0 Å². The second kappa shape index (κ2) is 11.9. The normalized spacial score (nSPS) is 18.3. The molecule has 1 fully saturated rings. The molecule has 1 aliphatic rings. The molecule has 0 aliphatic carbocycles. The summed E-state index contributed by atoms with van der Waals surface area (Å²) in [4.78, 5) is 9.42. The quantitative estimate of drug-likeness (QED) is 0.367. The first-order valence-corrected chi connectivity index (χ1v) is 11.5. The first-order valence-electron chi connectivity index (χ1n) is 11.5. The van der Waals surface area contributed by atoms with Gasteiger partial charge in [-0.05, 0) is 45.4 Å². The van der Waals surface area contributed by atoms with Crippen molar-refractivity contribution in [2.45, 2.75) is 39.3 Å². The number of hydrogen-bond donors (Lipinski definition) is 2. The third kappa shape index (κ3) is 7.08. The molecule has 1 saturated heterocycles. The summed E-state index contributed by atoms with van der Waals surface area (Å²) in [5.74, 6) is 0.881. The molecular weight excluding hydrogens is 386 g/mol. The Labute approximate surface area is 187 Å². The van der Waals surface area contributed by atoms with E-state index in [9.17, 15) is 0 Å². The largest absolute Gasteiger partial charge is 0.356 e. The van der Waals surface area contributed by atoms with Crippen LogP contribution in [0.3, 0.4) is 0 Å². The summed E-state index contributed by atoms with van der Waals surface area (Å²) in [6.07, 6.45) is 2.11. The van der Waals surface area contributed by atoms with Gasteiger partial charge in [-0.1, -0.05) is 30.3 Å². The minimum Gasteiger partial charge on any atom is -0.356 e. The number of hydrogen-bond acceptors (Lipinski definition) is 4. The third-order valence-corrected chi connectivity index (χ3v) is 5.96. The van der Waals surface area contributed by atoms with E-state index < -0.39 is 0 Å². The number of aromatic nitrogens is 2. The van der Waals surface area contributed by atoms with Crippen molar-refractivity contribution in [2.75, 3.05) is 53.4 Å². The summed E-state index contributed by atoms with van der Waals surface area (Å²) in [7, 11) is 4.06.